The zero-order valence-electron chi connectivity index (χ0n) is 9.51. The van der Waals surface area contributed by atoms with Crippen molar-refractivity contribution in [2.75, 3.05) is 6.54 Å². The Labute approximate surface area is 90.0 Å². The van der Waals surface area contributed by atoms with Crippen molar-refractivity contribution in [3.63, 3.8) is 0 Å². The van der Waals surface area contributed by atoms with Gasteiger partial charge >= 0.3 is 0 Å². The highest BCUT2D eigenvalue weighted by atomic mass is 16.6. The number of nitrogens with zero attached hydrogens (tertiary/aromatic N) is 1. The molecular weight excluding hydrogens is 198 g/mol. The molecule has 0 aromatic heterocycles. The molecule has 0 N–H and O–H groups in total. The van der Waals surface area contributed by atoms with E-state index in [1.54, 1.807) is 6.92 Å². The van der Waals surface area contributed by atoms with Crippen molar-refractivity contribution in [3.05, 3.63) is 10.1 Å². The number of hydrogen-bond donors (Lipinski definition) is 0. The molecule has 1 unspecified atom stereocenters. The van der Waals surface area contributed by atoms with E-state index in [9.17, 15) is 14.9 Å². The first-order chi connectivity index (χ1) is 7.04. The van der Waals surface area contributed by atoms with E-state index < -0.39 is 11.0 Å². The highest BCUT2D eigenvalue weighted by molar-refractivity contribution is 5.56. The summed E-state index contributed by atoms with van der Waals surface area (Å²) in [6.07, 6.45) is 1.62. The minimum Gasteiger partial charge on any atom is -0.367 e. The maximum absolute atomic E-state index is 10.7. The molecule has 0 fully saturated rings. The van der Waals surface area contributed by atoms with Crippen molar-refractivity contribution in [2.24, 2.45) is 5.92 Å². The van der Waals surface area contributed by atoms with Crippen LogP contribution in [0.1, 0.15) is 33.6 Å². The van der Waals surface area contributed by atoms with Crippen LogP contribution in [0, 0.1) is 16.0 Å². The fourth-order valence-corrected chi connectivity index (χ4v) is 1.34. The van der Waals surface area contributed by atoms with Gasteiger partial charge in [0.25, 0.3) is 0 Å². The second kappa shape index (κ2) is 7.34. The average molecular weight is 217 g/mol. The van der Waals surface area contributed by atoms with Crippen LogP contribution in [0.5, 0.6) is 0 Å². The SMILES string of the molecule is CCC(CC)O[C@H](C=O)C(C)C[N+](=O)[O-]. The molecule has 0 rings (SSSR count). The van der Waals surface area contributed by atoms with Crippen LogP contribution in [-0.2, 0) is 9.53 Å². The minimum atomic E-state index is -0.666. The van der Waals surface area contributed by atoms with Crippen molar-refractivity contribution in [2.45, 2.75) is 45.8 Å². The topological polar surface area (TPSA) is 69.4 Å². The van der Waals surface area contributed by atoms with E-state index in [1.165, 1.54) is 0 Å². The van der Waals surface area contributed by atoms with Gasteiger partial charge in [0.1, 0.15) is 12.4 Å². The Bertz CT molecular complexity index is 204. The summed E-state index contributed by atoms with van der Waals surface area (Å²) in [5.74, 6) is -0.377. The van der Waals surface area contributed by atoms with Gasteiger partial charge in [-0.15, -0.1) is 0 Å². The molecule has 0 aliphatic heterocycles. The van der Waals surface area contributed by atoms with Crippen LogP contribution >= 0.6 is 0 Å². The zero-order valence-corrected chi connectivity index (χ0v) is 9.51. The van der Waals surface area contributed by atoms with E-state index in [0.717, 1.165) is 12.8 Å². The molecule has 5 heteroatoms. The summed E-state index contributed by atoms with van der Waals surface area (Å²) in [5, 5.41) is 10.3. The van der Waals surface area contributed by atoms with Crippen LogP contribution in [0.4, 0.5) is 0 Å². The lowest BCUT2D eigenvalue weighted by atomic mass is 10.1. The molecule has 0 aliphatic carbocycles. The molecule has 5 nitrogen and oxygen atoms in total. The molecular formula is C10H19NO4. The number of hydrogen-bond acceptors (Lipinski definition) is 4. The number of ether oxygens (including phenoxy) is 1. The monoisotopic (exact) mass is 217 g/mol. The summed E-state index contributed by atoms with van der Waals surface area (Å²) in [5.41, 5.74) is 0. The van der Waals surface area contributed by atoms with Gasteiger partial charge in [-0.3, -0.25) is 10.1 Å². The van der Waals surface area contributed by atoms with Gasteiger partial charge in [-0.1, -0.05) is 20.8 Å². The van der Waals surface area contributed by atoms with E-state index in [4.69, 9.17) is 4.74 Å². The van der Waals surface area contributed by atoms with E-state index in [2.05, 4.69) is 0 Å². The predicted octanol–water partition coefficient (Wildman–Crippen LogP) is 1.67. The maximum Gasteiger partial charge on any atom is 0.209 e. The lowest BCUT2D eigenvalue weighted by molar-refractivity contribution is -0.489. The van der Waals surface area contributed by atoms with Crippen LogP contribution in [0.2, 0.25) is 0 Å². The van der Waals surface area contributed by atoms with E-state index >= 15 is 0 Å². The number of carbonyl (C=O) groups is 1. The van der Waals surface area contributed by atoms with Gasteiger partial charge in [-0.05, 0) is 12.8 Å². The van der Waals surface area contributed by atoms with Crippen LogP contribution in [0.25, 0.3) is 0 Å². The number of carbonyl (C=O) groups excluding carboxylic acids is 1. The molecule has 0 radical (unpaired) electrons. The lowest BCUT2D eigenvalue weighted by Gasteiger charge is -2.21. The molecule has 88 valence electrons. The fourth-order valence-electron chi connectivity index (χ4n) is 1.34. The maximum atomic E-state index is 10.7. The van der Waals surface area contributed by atoms with Crippen LogP contribution in [0.15, 0.2) is 0 Å². The molecule has 2 atom stereocenters. The Kier molecular flexibility index (Phi) is 6.86. The van der Waals surface area contributed by atoms with E-state index in [0.29, 0.717) is 6.29 Å². The summed E-state index contributed by atoms with van der Waals surface area (Å²) >= 11 is 0. The lowest BCUT2D eigenvalue weighted by Crippen LogP contribution is -2.32. The highest BCUT2D eigenvalue weighted by Crippen LogP contribution is 2.12. The molecule has 0 bridgehead atoms. The third-order valence-corrected chi connectivity index (χ3v) is 2.39. The Morgan fingerprint density at radius 2 is 1.93 bits per heavy atom. The van der Waals surface area contributed by atoms with Crippen molar-refractivity contribution < 1.29 is 14.5 Å². The molecule has 0 aromatic carbocycles. The Hall–Kier alpha value is -0.970. The van der Waals surface area contributed by atoms with Gasteiger partial charge in [0, 0.05) is 4.92 Å². The molecule has 0 aliphatic rings. The molecule has 0 spiro atoms. The van der Waals surface area contributed by atoms with Gasteiger partial charge in [0.2, 0.25) is 6.54 Å². The average Bonchev–Trinajstić information content (AvgIpc) is 2.18. The first-order valence-electron chi connectivity index (χ1n) is 5.27. The van der Waals surface area contributed by atoms with E-state index in [1.807, 2.05) is 13.8 Å². The first-order valence-corrected chi connectivity index (χ1v) is 5.27. The Balaban J connectivity index is 4.21. The molecule has 0 heterocycles. The smallest absolute Gasteiger partial charge is 0.209 e. The largest absolute Gasteiger partial charge is 0.367 e. The van der Waals surface area contributed by atoms with Crippen LogP contribution < -0.4 is 0 Å². The standard InChI is InChI=1S/C10H19NO4/c1-4-9(5-2)15-10(7-12)8(3)6-11(13)14/h7-10H,4-6H2,1-3H3/t8?,10-/m1/s1. The third-order valence-electron chi connectivity index (χ3n) is 2.39. The second-order valence-corrected chi connectivity index (χ2v) is 3.67. The van der Waals surface area contributed by atoms with Gasteiger partial charge in [-0.2, -0.15) is 0 Å². The van der Waals surface area contributed by atoms with Crippen molar-refractivity contribution >= 4 is 6.29 Å². The van der Waals surface area contributed by atoms with Gasteiger partial charge in [0.15, 0.2) is 0 Å². The van der Waals surface area contributed by atoms with Crippen LogP contribution in [0.3, 0.4) is 0 Å². The predicted molar refractivity (Wildman–Crippen MR) is 56.3 cm³/mol. The Morgan fingerprint density at radius 3 is 2.27 bits per heavy atom. The highest BCUT2D eigenvalue weighted by Gasteiger charge is 2.24. The molecule has 0 aromatic rings. The molecule has 0 saturated carbocycles. The summed E-state index contributed by atoms with van der Waals surface area (Å²) in [6, 6.07) is 0. The van der Waals surface area contributed by atoms with E-state index in [-0.39, 0.29) is 18.6 Å². The second-order valence-electron chi connectivity index (χ2n) is 3.67. The quantitative estimate of drug-likeness (QED) is 0.352. The molecule has 15 heavy (non-hydrogen) atoms. The Morgan fingerprint density at radius 1 is 1.40 bits per heavy atom. The first kappa shape index (κ1) is 14.0. The van der Waals surface area contributed by atoms with Crippen molar-refractivity contribution in [1.82, 2.24) is 0 Å². The fraction of sp³-hybridized carbons (Fsp3) is 0.900. The number of aldehydes is 1. The molecule has 0 saturated heterocycles. The summed E-state index contributed by atoms with van der Waals surface area (Å²) in [7, 11) is 0. The van der Waals surface area contributed by atoms with Crippen LogP contribution in [-0.4, -0.2) is 30.0 Å². The summed E-state index contributed by atoms with van der Waals surface area (Å²) < 4.78 is 5.49. The van der Waals surface area contributed by atoms with Crippen molar-refractivity contribution in [3.8, 4) is 0 Å². The van der Waals surface area contributed by atoms with Gasteiger partial charge in [-0.25, -0.2) is 0 Å². The third kappa shape index (κ3) is 5.47. The number of nitro groups is 1. The normalized spacial score (nSPS) is 14.9. The van der Waals surface area contributed by atoms with Crippen molar-refractivity contribution in [1.29, 1.82) is 0 Å². The van der Waals surface area contributed by atoms with Gasteiger partial charge in [0.05, 0.1) is 12.0 Å². The molecule has 0 amide bonds. The number of rotatable bonds is 8. The van der Waals surface area contributed by atoms with Gasteiger partial charge < -0.3 is 9.53 Å². The minimum absolute atomic E-state index is 0.00871. The summed E-state index contributed by atoms with van der Waals surface area (Å²) in [4.78, 5) is 20.6. The zero-order chi connectivity index (χ0) is 11.8. The summed E-state index contributed by atoms with van der Waals surface area (Å²) in [6.45, 7) is 5.36.